The Kier molecular flexibility index (Phi) is 28.4. The molecule has 0 atom stereocenters. The van der Waals surface area contributed by atoms with E-state index in [1.54, 1.807) is 6.92 Å². The molecule has 0 amide bonds. The second-order valence-corrected chi connectivity index (χ2v) is 6.39. The highest BCUT2D eigenvalue weighted by Crippen LogP contribution is 2.17. The van der Waals surface area contributed by atoms with Crippen LogP contribution in [0.5, 0.6) is 0 Å². The van der Waals surface area contributed by atoms with E-state index in [0.717, 1.165) is 19.3 Å². The van der Waals surface area contributed by atoms with Gasteiger partial charge >= 0.3 is 17.9 Å². The van der Waals surface area contributed by atoms with Gasteiger partial charge in [0.25, 0.3) is 0 Å². The van der Waals surface area contributed by atoms with Crippen LogP contribution in [0, 0.1) is 0 Å². The Labute approximate surface area is 155 Å². The van der Waals surface area contributed by atoms with Gasteiger partial charge < -0.3 is 20.4 Å². The smallest absolute Gasteiger partial charge is 0.303 e. The Bertz CT molecular complexity index is 277. The number of aliphatic hydroxyl groups is 1. The molecule has 9 heteroatoms. The fourth-order valence-corrected chi connectivity index (χ4v) is 0.642. The maximum absolute atomic E-state index is 9.60. The second kappa shape index (κ2) is 22.1. The third kappa shape index (κ3) is 69.3. The zero-order valence-electron chi connectivity index (χ0n) is 14.9. The van der Waals surface area contributed by atoms with Crippen LogP contribution in [0.1, 0.15) is 72.6 Å². The predicted molar refractivity (Wildman–Crippen MR) is 101 cm³/mol. The number of carboxylic acids is 3. The van der Waals surface area contributed by atoms with Gasteiger partial charge in [-0.3, -0.25) is 14.4 Å². The highest BCUT2D eigenvalue weighted by Gasteiger charge is 2.08. The van der Waals surface area contributed by atoms with Crippen LogP contribution in [-0.2, 0) is 14.4 Å². The van der Waals surface area contributed by atoms with E-state index in [2.05, 4.69) is 25.3 Å². The van der Waals surface area contributed by atoms with Gasteiger partial charge in [-0.1, -0.05) is 27.7 Å². The van der Waals surface area contributed by atoms with Crippen molar-refractivity contribution < 1.29 is 34.8 Å². The number of hydrogen-bond donors (Lipinski definition) is 6. The summed E-state index contributed by atoms with van der Waals surface area (Å²) >= 11 is 7.35. The van der Waals surface area contributed by atoms with Crippen LogP contribution in [0.25, 0.3) is 0 Å². The van der Waals surface area contributed by atoms with Crippen LogP contribution in [0.15, 0.2) is 0 Å². The number of aliphatic carboxylic acids is 3. The molecule has 0 spiro atoms. The van der Waals surface area contributed by atoms with Gasteiger partial charge in [0.2, 0.25) is 0 Å². The summed E-state index contributed by atoms with van der Waals surface area (Å²) in [6.07, 6.45) is 3.62. The molecule has 0 aliphatic rings. The Morgan fingerprint density at radius 1 is 0.708 bits per heavy atom. The molecule has 0 fully saturated rings. The third-order valence-electron chi connectivity index (χ3n) is 1.87. The average Bonchev–Trinajstić information content (AvgIpc) is 2.39. The molecule has 0 aliphatic carbocycles. The van der Waals surface area contributed by atoms with Gasteiger partial charge in [-0.15, -0.1) is 25.3 Å². The van der Waals surface area contributed by atoms with Crippen LogP contribution in [0.4, 0.5) is 0 Å². The van der Waals surface area contributed by atoms with Gasteiger partial charge in [-0.25, -0.2) is 0 Å². The first-order chi connectivity index (χ1) is 10.9. The number of carboxylic acid groups (broad SMARTS) is 3. The SMILES string of the molecule is CCC(O)(S)S.CCCC(=O)O.CCCC(=O)O.CCCC(=O)O. The first kappa shape index (κ1) is 30.9. The zero-order chi connectivity index (χ0) is 20.2. The van der Waals surface area contributed by atoms with E-state index >= 15 is 0 Å². The molecular weight excluding hydrogens is 356 g/mol. The van der Waals surface area contributed by atoms with E-state index in [1.807, 2.05) is 20.8 Å². The summed E-state index contributed by atoms with van der Waals surface area (Å²) in [5, 5.41) is 32.3. The minimum Gasteiger partial charge on any atom is -0.481 e. The summed E-state index contributed by atoms with van der Waals surface area (Å²) in [5.41, 5.74) is 0. The quantitative estimate of drug-likeness (QED) is 0.290. The third-order valence-corrected chi connectivity index (χ3v) is 2.50. The van der Waals surface area contributed by atoms with Crippen molar-refractivity contribution in [2.75, 3.05) is 0 Å². The largest absolute Gasteiger partial charge is 0.481 e. The van der Waals surface area contributed by atoms with Gasteiger partial charge in [0.05, 0.1) is 0 Å². The minimum atomic E-state index is -1.07. The molecule has 0 aromatic carbocycles. The fraction of sp³-hybridized carbons (Fsp3) is 0.800. The van der Waals surface area contributed by atoms with Crippen molar-refractivity contribution in [3.63, 3.8) is 0 Å². The molecule has 0 heterocycles. The van der Waals surface area contributed by atoms with Gasteiger partial charge in [-0.05, 0) is 25.7 Å². The molecule has 7 nitrogen and oxygen atoms in total. The molecule has 0 rings (SSSR count). The van der Waals surface area contributed by atoms with Crippen LogP contribution in [-0.4, -0.2) is 42.6 Å². The number of hydrogen-bond acceptors (Lipinski definition) is 6. The molecule has 4 N–H and O–H groups in total. The summed E-state index contributed by atoms with van der Waals surface area (Å²) in [4.78, 5) is 28.8. The molecule has 0 bridgehead atoms. The molecule has 0 saturated carbocycles. The minimum absolute atomic E-state index is 0.292. The Hall–Kier alpha value is -0.930. The van der Waals surface area contributed by atoms with Crippen molar-refractivity contribution in [3.05, 3.63) is 0 Å². The molecule has 0 radical (unpaired) electrons. The lowest BCUT2D eigenvalue weighted by Crippen LogP contribution is -2.07. The first-order valence-corrected chi connectivity index (χ1v) is 8.59. The van der Waals surface area contributed by atoms with Crippen LogP contribution >= 0.6 is 25.3 Å². The molecule has 0 aliphatic heterocycles. The van der Waals surface area contributed by atoms with E-state index in [4.69, 9.17) is 20.4 Å². The van der Waals surface area contributed by atoms with Crippen LogP contribution in [0.3, 0.4) is 0 Å². The van der Waals surface area contributed by atoms with Crippen molar-refractivity contribution in [1.82, 2.24) is 0 Å². The summed E-state index contributed by atoms with van der Waals surface area (Å²) in [5.74, 6) is -2.13. The summed E-state index contributed by atoms with van der Waals surface area (Å²) < 4.78 is -1.07. The lowest BCUT2D eigenvalue weighted by Gasteiger charge is -2.09. The lowest BCUT2D eigenvalue weighted by molar-refractivity contribution is -0.138. The first-order valence-electron chi connectivity index (χ1n) is 7.70. The zero-order valence-corrected chi connectivity index (χ0v) is 16.6. The Balaban J connectivity index is -0.000000111. The normalized spacial score (nSPS) is 9.12. The van der Waals surface area contributed by atoms with Crippen molar-refractivity contribution in [3.8, 4) is 0 Å². The number of thiol groups is 2. The van der Waals surface area contributed by atoms with Crippen LogP contribution < -0.4 is 0 Å². The lowest BCUT2D eigenvalue weighted by atomic mass is 10.4. The molecule has 0 aromatic heterocycles. The Morgan fingerprint density at radius 3 is 0.875 bits per heavy atom. The van der Waals surface area contributed by atoms with Crippen LogP contribution in [0.2, 0.25) is 0 Å². The van der Waals surface area contributed by atoms with Crippen molar-refractivity contribution >= 4 is 43.2 Å². The molecule has 24 heavy (non-hydrogen) atoms. The molecule has 0 saturated heterocycles. The van der Waals surface area contributed by atoms with Gasteiger partial charge in [-0.2, -0.15) is 0 Å². The highest BCUT2D eigenvalue weighted by molar-refractivity contribution is 8.00. The monoisotopic (exact) mass is 388 g/mol. The molecular formula is C15H32O7S2. The molecule has 0 unspecified atom stereocenters. The van der Waals surface area contributed by atoms with Gasteiger partial charge in [0.15, 0.2) is 4.27 Å². The number of carbonyl (C=O) groups is 3. The Morgan fingerprint density at radius 2 is 0.875 bits per heavy atom. The van der Waals surface area contributed by atoms with E-state index in [9.17, 15) is 14.4 Å². The predicted octanol–water partition coefficient (Wildman–Crippen LogP) is 3.52. The van der Waals surface area contributed by atoms with Gasteiger partial charge in [0, 0.05) is 19.3 Å². The van der Waals surface area contributed by atoms with Crippen molar-refractivity contribution in [2.45, 2.75) is 76.9 Å². The molecule has 146 valence electrons. The number of rotatable bonds is 7. The van der Waals surface area contributed by atoms with Crippen molar-refractivity contribution in [1.29, 1.82) is 0 Å². The van der Waals surface area contributed by atoms with Crippen molar-refractivity contribution in [2.24, 2.45) is 0 Å². The van der Waals surface area contributed by atoms with E-state index in [-0.39, 0.29) is 0 Å². The maximum Gasteiger partial charge on any atom is 0.303 e. The summed E-state index contributed by atoms with van der Waals surface area (Å²) in [6.45, 7) is 7.33. The summed E-state index contributed by atoms with van der Waals surface area (Å²) in [7, 11) is 0. The van der Waals surface area contributed by atoms with E-state index in [1.165, 1.54) is 0 Å². The molecule has 0 aromatic rings. The fourth-order valence-electron chi connectivity index (χ4n) is 0.642. The topological polar surface area (TPSA) is 132 Å². The average molecular weight is 389 g/mol. The van der Waals surface area contributed by atoms with Gasteiger partial charge in [0.1, 0.15) is 0 Å². The highest BCUT2D eigenvalue weighted by atomic mass is 32.2. The van der Waals surface area contributed by atoms with E-state index < -0.39 is 22.2 Å². The van der Waals surface area contributed by atoms with E-state index in [0.29, 0.717) is 25.7 Å². The second-order valence-electron chi connectivity index (χ2n) is 4.56. The summed E-state index contributed by atoms with van der Waals surface area (Å²) in [6, 6.07) is 0. The standard InChI is InChI=1S/3C4H8O2.C3H8OS2/c3*1-2-3-4(5)6;1-2-3(4,5)6/h3*2-3H2,1H3,(H,5,6);4-6H,2H2,1H3. The maximum atomic E-state index is 9.60.